The average Bonchev–Trinajstić information content (AvgIpc) is 2.83. The van der Waals surface area contributed by atoms with Crippen molar-refractivity contribution in [3.05, 3.63) is 41.5 Å². The highest BCUT2D eigenvalue weighted by Gasteiger charge is 2.22. The normalized spacial score (nSPS) is 24.2. The number of allylic oxidation sites excluding steroid dienone is 2. The number of rotatable bonds is 13. The fourth-order valence-electron chi connectivity index (χ4n) is 6.06. The van der Waals surface area contributed by atoms with Crippen molar-refractivity contribution in [1.29, 1.82) is 0 Å². The van der Waals surface area contributed by atoms with Crippen molar-refractivity contribution < 1.29 is 0 Å². The van der Waals surface area contributed by atoms with Crippen LogP contribution in [0.25, 0.3) is 5.57 Å². The van der Waals surface area contributed by atoms with Crippen LogP contribution in [0.4, 0.5) is 0 Å². The lowest BCUT2D eigenvalue weighted by Crippen LogP contribution is -2.13. The van der Waals surface area contributed by atoms with E-state index in [1.54, 1.807) is 11.1 Å². The quantitative estimate of drug-likeness (QED) is 0.277. The Bertz CT molecular complexity index is 614. The largest absolute Gasteiger partial charge is 0.0804 e. The zero-order valence-corrected chi connectivity index (χ0v) is 20.8. The Labute approximate surface area is 194 Å². The van der Waals surface area contributed by atoms with E-state index in [1.807, 2.05) is 0 Å². The minimum Gasteiger partial charge on any atom is -0.0804 e. The highest BCUT2D eigenvalue weighted by Crippen LogP contribution is 2.39. The van der Waals surface area contributed by atoms with Gasteiger partial charge in [0.2, 0.25) is 0 Å². The molecule has 0 aliphatic heterocycles. The van der Waals surface area contributed by atoms with Crippen LogP contribution >= 0.6 is 0 Å². The molecule has 1 unspecified atom stereocenters. The van der Waals surface area contributed by atoms with Crippen molar-refractivity contribution in [3.8, 4) is 0 Å². The first-order valence-electron chi connectivity index (χ1n) is 14.1. The smallest absolute Gasteiger partial charge is 0.0162 e. The molecular formula is C31H50. The topological polar surface area (TPSA) is 0 Å². The van der Waals surface area contributed by atoms with Crippen LogP contribution in [0.1, 0.15) is 146 Å². The fourth-order valence-corrected chi connectivity index (χ4v) is 6.06. The molecule has 1 aromatic rings. The van der Waals surface area contributed by atoms with E-state index < -0.39 is 0 Å². The fraction of sp³-hybridized carbons (Fsp3) is 0.742. The SMILES string of the molecule is CCCCCCC[C@H]1CC[C@H](c2ccc(C3=CCC(CCCCCC)CC3)cc2)CC1. The molecule has 0 spiro atoms. The molecule has 0 N–H and O–H groups in total. The first kappa shape index (κ1) is 24.6. The summed E-state index contributed by atoms with van der Waals surface area (Å²) in [4.78, 5) is 0. The van der Waals surface area contributed by atoms with Gasteiger partial charge in [-0.1, -0.05) is 115 Å². The molecule has 2 aliphatic rings. The zero-order valence-electron chi connectivity index (χ0n) is 20.8. The van der Waals surface area contributed by atoms with Crippen molar-refractivity contribution in [2.45, 2.75) is 135 Å². The van der Waals surface area contributed by atoms with Crippen LogP contribution in [-0.4, -0.2) is 0 Å². The lowest BCUT2D eigenvalue weighted by Gasteiger charge is -2.29. The van der Waals surface area contributed by atoms with E-state index in [2.05, 4.69) is 44.2 Å². The van der Waals surface area contributed by atoms with Gasteiger partial charge in [0.1, 0.15) is 0 Å². The predicted octanol–water partition coefficient (Wildman–Crippen LogP) is 10.5. The molecule has 0 heterocycles. The molecule has 31 heavy (non-hydrogen) atoms. The molecule has 1 saturated carbocycles. The molecule has 3 rings (SSSR count). The Morgan fingerprint density at radius 3 is 1.87 bits per heavy atom. The maximum absolute atomic E-state index is 2.56. The van der Waals surface area contributed by atoms with Gasteiger partial charge in [0.25, 0.3) is 0 Å². The van der Waals surface area contributed by atoms with Crippen LogP contribution in [0.15, 0.2) is 30.3 Å². The maximum atomic E-state index is 2.56. The summed E-state index contributed by atoms with van der Waals surface area (Å²) in [5.41, 5.74) is 4.72. The molecule has 1 atom stereocenters. The first-order valence-corrected chi connectivity index (χ1v) is 14.1. The third-order valence-electron chi connectivity index (χ3n) is 8.30. The summed E-state index contributed by atoms with van der Waals surface area (Å²) in [5.74, 6) is 2.78. The Balaban J connectivity index is 1.38. The van der Waals surface area contributed by atoms with E-state index in [4.69, 9.17) is 0 Å². The predicted molar refractivity (Wildman–Crippen MR) is 139 cm³/mol. The Morgan fingerprint density at radius 1 is 0.645 bits per heavy atom. The minimum atomic E-state index is 0.818. The number of hydrogen-bond donors (Lipinski definition) is 0. The molecule has 0 bridgehead atoms. The lowest BCUT2D eigenvalue weighted by molar-refractivity contribution is 0.302. The summed E-state index contributed by atoms with van der Waals surface area (Å²) >= 11 is 0. The Hall–Kier alpha value is -1.04. The van der Waals surface area contributed by atoms with Crippen LogP contribution in [-0.2, 0) is 0 Å². The summed E-state index contributed by atoms with van der Waals surface area (Å²) in [6.45, 7) is 4.62. The second-order valence-corrected chi connectivity index (χ2v) is 10.8. The second-order valence-electron chi connectivity index (χ2n) is 10.8. The standard InChI is InChI=1S/C31H50/c1-3-5-7-9-11-13-27-16-20-29(21-17-27)31-24-22-30(23-25-31)28-18-14-26(15-19-28)12-10-8-6-4-2/h18,22-27,29H,3-17,19-21H2,1-2H3/t26?,27-,29-. The number of hydrogen-bond acceptors (Lipinski definition) is 0. The van der Waals surface area contributed by atoms with Crippen LogP contribution in [0.5, 0.6) is 0 Å². The van der Waals surface area contributed by atoms with Gasteiger partial charge in [-0.25, -0.2) is 0 Å². The van der Waals surface area contributed by atoms with E-state index in [1.165, 1.54) is 121 Å². The summed E-state index contributed by atoms with van der Waals surface area (Å²) in [6.07, 6.45) is 28.1. The third-order valence-corrected chi connectivity index (χ3v) is 8.30. The van der Waals surface area contributed by atoms with Crippen molar-refractivity contribution in [2.75, 3.05) is 0 Å². The van der Waals surface area contributed by atoms with E-state index in [9.17, 15) is 0 Å². The molecule has 0 nitrogen and oxygen atoms in total. The molecular weight excluding hydrogens is 372 g/mol. The van der Waals surface area contributed by atoms with Gasteiger partial charge in [0, 0.05) is 0 Å². The van der Waals surface area contributed by atoms with E-state index in [-0.39, 0.29) is 0 Å². The lowest BCUT2D eigenvalue weighted by atomic mass is 9.76. The maximum Gasteiger partial charge on any atom is -0.0162 e. The van der Waals surface area contributed by atoms with Gasteiger partial charge in [-0.2, -0.15) is 0 Å². The molecule has 0 aromatic heterocycles. The average molecular weight is 423 g/mol. The van der Waals surface area contributed by atoms with Gasteiger partial charge in [0.05, 0.1) is 0 Å². The highest BCUT2D eigenvalue weighted by atomic mass is 14.3. The summed E-state index contributed by atoms with van der Waals surface area (Å²) in [7, 11) is 0. The van der Waals surface area contributed by atoms with Gasteiger partial charge in [-0.05, 0) is 79.4 Å². The van der Waals surface area contributed by atoms with Gasteiger partial charge in [0.15, 0.2) is 0 Å². The molecule has 1 fully saturated rings. The monoisotopic (exact) mass is 422 g/mol. The van der Waals surface area contributed by atoms with Gasteiger partial charge in [-0.15, -0.1) is 0 Å². The first-order chi connectivity index (χ1) is 15.3. The van der Waals surface area contributed by atoms with Crippen molar-refractivity contribution in [3.63, 3.8) is 0 Å². The second kappa shape index (κ2) is 14.2. The van der Waals surface area contributed by atoms with Crippen molar-refractivity contribution >= 4 is 5.57 Å². The third kappa shape index (κ3) is 8.43. The van der Waals surface area contributed by atoms with Crippen LogP contribution in [0.2, 0.25) is 0 Å². The molecule has 0 amide bonds. The molecule has 0 heteroatoms. The van der Waals surface area contributed by atoms with E-state index in [0.717, 1.165) is 17.8 Å². The van der Waals surface area contributed by atoms with E-state index in [0.29, 0.717) is 0 Å². The highest BCUT2D eigenvalue weighted by molar-refractivity contribution is 5.66. The van der Waals surface area contributed by atoms with Crippen molar-refractivity contribution in [2.24, 2.45) is 11.8 Å². The molecule has 0 radical (unpaired) electrons. The Morgan fingerprint density at radius 2 is 1.26 bits per heavy atom. The Kier molecular flexibility index (Phi) is 11.3. The minimum absolute atomic E-state index is 0.818. The molecule has 1 aromatic carbocycles. The molecule has 2 aliphatic carbocycles. The van der Waals surface area contributed by atoms with Gasteiger partial charge < -0.3 is 0 Å². The van der Waals surface area contributed by atoms with E-state index >= 15 is 0 Å². The van der Waals surface area contributed by atoms with Gasteiger partial charge in [-0.3, -0.25) is 0 Å². The molecule has 174 valence electrons. The summed E-state index contributed by atoms with van der Waals surface area (Å²) in [5, 5.41) is 0. The summed E-state index contributed by atoms with van der Waals surface area (Å²) in [6, 6.07) is 9.79. The number of unbranched alkanes of at least 4 members (excludes halogenated alkanes) is 7. The summed E-state index contributed by atoms with van der Waals surface area (Å²) < 4.78 is 0. The van der Waals surface area contributed by atoms with Crippen LogP contribution in [0.3, 0.4) is 0 Å². The van der Waals surface area contributed by atoms with Crippen molar-refractivity contribution in [1.82, 2.24) is 0 Å². The van der Waals surface area contributed by atoms with Crippen LogP contribution in [0, 0.1) is 11.8 Å². The van der Waals surface area contributed by atoms with Gasteiger partial charge >= 0.3 is 0 Å². The van der Waals surface area contributed by atoms with Crippen LogP contribution < -0.4 is 0 Å². The number of benzene rings is 1. The zero-order chi connectivity index (χ0) is 21.7. The molecule has 0 saturated heterocycles.